The maximum absolute atomic E-state index is 4.47. The van der Waals surface area contributed by atoms with Crippen molar-refractivity contribution < 1.29 is 48.7 Å². The minimum atomic E-state index is 0. The van der Waals surface area contributed by atoms with Crippen molar-refractivity contribution in [1.29, 1.82) is 0 Å². The van der Waals surface area contributed by atoms with Gasteiger partial charge in [-0.05, 0) is 0 Å². The zero-order chi connectivity index (χ0) is 3.54. The van der Waals surface area contributed by atoms with E-state index in [4.69, 9.17) is 0 Å². The van der Waals surface area contributed by atoms with Crippen LogP contribution in [0.2, 0.25) is 0 Å². The Bertz CT molecular complexity index is 73.8. The number of oxazole rings is 1. The molecule has 8 heavy (non-hydrogen) atoms. The predicted octanol–water partition coefficient (Wildman–Crippen LogP) is -5.32. The van der Waals surface area contributed by atoms with Crippen LogP contribution in [-0.2, 0) is 19.5 Å². The maximum atomic E-state index is 4.47. The van der Waals surface area contributed by atoms with Crippen molar-refractivity contribution in [2.75, 3.05) is 0 Å². The van der Waals surface area contributed by atoms with Gasteiger partial charge < -0.3 is 29.2 Å². The van der Waals surface area contributed by atoms with E-state index in [9.17, 15) is 0 Å². The summed E-state index contributed by atoms with van der Waals surface area (Å²) in [6.45, 7) is 0. The van der Waals surface area contributed by atoms with Gasteiger partial charge in [0.1, 0.15) is 6.26 Å². The third kappa shape index (κ3) is 6.41. The molecule has 0 saturated heterocycles. The van der Waals surface area contributed by atoms with Crippen LogP contribution in [0.5, 0.6) is 0 Å². The zero-order valence-corrected chi connectivity index (χ0v) is 8.53. The van der Waals surface area contributed by atoms with E-state index in [1.807, 2.05) is 0 Å². The van der Waals surface area contributed by atoms with Crippen molar-refractivity contribution in [1.82, 2.24) is 4.98 Å². The second kappa shape index (κ2) is 10.4. The van der Waals surface area contributed by atoms with E-state index < -0.39 is 0 Å². The Kier molecular flexibility index (Phi) is 20.5. The van der Waals surface area contributed by atoms with Crippen LogP contribution in [-0.4, -0.2) is 4.98 Å². The second-order valence-corrected chi connectivity index (χ2v) is 0.676. The summed E-state index contributed by atoms with van der Waals surface area (Å²) in [5, 5.41) is 0. The molecule has 0 amide bonds. The van der Waals surface area contributed by atoms with Gasteiger partial charge in [-0.15, -0.1) is 0 Å². The minimum absolute atomic E-state index is 0. The summed E-state index contributed by atoms with van der Waals surface area (Å²) in [5.41, 5.74) is 0. The molecule has 0 saturated carbocycles. The fraction of sp³-hybridized carbons (Fsp3) is 0. The molecular weight excluding hydrogens is 202 g/mol. The molecule has 1 aromatic heterocycles. The summed E-state index contributed by atoms with van der Waals surface area (Å²) >= 11 is 0. The summed E-state index contributed by atoms with van der Waals surface area (Å²) in [5.74, 6) is 0. The molecular formula is C3H3Cl2NOZn. The second-order valence-electron chi connectivity index (χ2n) is 0.676. The molecule has 0 unspecified atom stereocenters. The van der Waals surface area contributed by atoms with Crippen molar-refractivity contribution in [3.8, 4) is 0 Å². The smallest absolute Gasteiger partial charge is 1.00 e. The van der Waals surface area contributed by atoms with Crippen LogP contribution in [0.15, 0.2) is 23.3 Å². The predicted molar refractivity (Wildman–Crippen MR) is 16.5 cm³/mol. The standard InChI is InChI=1S/C3H3NO.2ClH.Zn/c1-2-5-3-4-1;;;/h1-3H;2*1H;/q;;;+2/p-2. The monoisotopic (exact) mass is 203 g/mol. The molecule has 0 aliphatic carbocycles. The first-order valence-corrected chi connectivity index (χ1v) is 1.32. The molecule has 0 radical (unpaired) electrons. The average molecular weight is 205 g/mol. The molecule has 0 aromatic carbocycles. The Labute approximate surface area is 72.6 Å². The van der Waals surface area contributed by atoms with Crippen LogP contribution >= 0.6 is 0 Å². The average Bonchev–Trinajstić information content (AvgIpc) is 1.76. The summed E-state index contributed by atoms with van der Waals surface area (Å²) in [7, 11) is 0. The number of nitrogens with zero attached hydrogens (tertiary/aromatic N) is 1. The van der Waals surface area contributed by atoms with Gasteiger partial charge in [0.05, 0.1) is 6.20 Å². The first-order valence-electron chi connectivity index (χ1n) is 1.32. The van der Waals surface area contributed by atoms with Gasteiger partial charge in [-0.1, -0.05) is 0 Å². The molecule has 1 heterocycles. The summed E-state index contributed by atoms with van der Waals surface area (Å²) < 4.78 is 4.47. The van der Waals surface area contributed by atoms with Crippen molar-refractivity contribution in [2.24, 2.45) is 0 Å². The molecule has 0 N–H and O–H groups in total. The molecule has 2 nitrogen and oxygen atoms in total. The van der Waals surface area contributed by atoms with Crippen molar-refractivity contribution in [3.63, 3.8) is 0 Å². The number of rotatable bonds is 0. The third-order valence-corrected chi connectivity index (χ3v) is 0.347. The Hall–Kier alpha value is 0.413. The number of hydrogen-bond donors (Lipinski definition) is 0. The van der Waals surface area contributed by atoms with Crippen LogP contribution < -0.4 is 24.8 Å². The van der Waals surface area contributed by atoms with Gasteiger partial charge >= 0.3 is 19.5 Å². The molecule has 0 aliphatic rings. The minimum Gasteiger partial charge on any atom is -1.00 e. The van der Waals surface area contributed by atoms with E-state index in [0.717, 1.165) is 0 Å². The van der Waals surface area contributed by atoms with Gasteiger partial charge in [0.25, 0.3) is 0 Å². The van der Waals surface area contributed by atoms with E-state index in [-0.39, 0.29) is 44.3 Å². The van der Waals surface area contributed by atoms with Crippen LogP contribution in [0.3, 0.4) is 0 Å². The number of hydrogen-bond acceptors (Lipinski definition) is 2. The van der Waals surface area contributed by atoms with Crippen LogP contribution in [0.25, 0.3) is 0 Å². The number of halogens is 2. The normalized spacial score (nSPS) is 5.00. The van der Waals surface area contributed by atoms with Gasteiger partial charge in [-0.25, -0.2) is 4.98 Å². The fourth-order valence-corrected chi connectivity index (χ4v) is 0.176. The zero-order valence-electron chi connectivity index (χ0n) is 4.05. The third-order valence-electron chi connectivity index (χ3n) is 0.347. The van der Waals surface area contributed by atoms with E-state index in [2.05, 4.69) is 9.40 Å². The van der Waals surface area contributed by atoms with Crippen LogP contribution in [0, 0.1) is 0 Å². The van der Waals surface area contributed by atoms with Gasteiger partial charge in [-0.2, -0.15) is 0 Å². The first kappa shape index (κ1) is 15.8. The molecule has 0 atom stereocenters. The van der Waals surface area contributed by atoms with E-state index in [1.54, 1.807) is 6.20 Å². The van der Waals surface area contributed by atoms with Gasteiger partial charge in [0, 0.05) is 0 Å². The molecule has 1 aromatic rings. The molecule has 42 valence electrons. The van der Waals surface area contributed by atoms with E-state index >= 15 is 0 Å². The summed E-state index contributed by atoms with van der Waals surface area (Å²) in [4.78, 5) is 3.56. The van der Waals surface area contributed by atoms with Crippen molar-refractivity contribution >= 4 is 0 Å². The van der Waals surface area contributed by atoms with Crippen LogP contribution in [0.4, 0.5) is 0 Å². The Balaban J connectivity index is -0.0000000833. The van der Waals surface area contributed by atoms with E-state index in [1.165, 1.54) is 12.7 Å². The van der Waals surface area contributed by atoms with Gasteiger partial charge in [-0.3, -0.25) is 0 Å². The van der Waals surface area contributed by atoms with Crippen molar-refractivity contribution in [2.45, 2.75) is 0 Å². The van der Waals surface area contributed by atoms with Gasteiger partial charge in [0.15, 0.2) is 6.39 Å². The maximum Gasteiger partial charge on any atom is 2.00 e. The SMILES string of the molecule is [Cl-].[Cl-].[Zn+2].c1cocn1. The molecule has 1 rings (SSSR count). The first-order chi connectivity index (χ1) is 2.50. The molecule has 0 fully saturated rings. The largest absolute Gasteiger partial charge is 2.00 e. The number of aromatic nitrogens is 1. The molecule has 5 heteroatoms. The molecule has 0 spiro atoms. The quantitative estimate of drug-likeness (QED) is 0.396. The van der Waals surface area contributed by atoms with Gasteiger partial charge in [0.2, 0.25) is 0 Å². The Morgan fingerprint density at radius 2 is 1.88 bits per heavy atom. The Morgan fingerprint density at radius 1 is 1.25 bits per heavy atom. The fourth-order valence-electron chi connectivity index (χ4n) is 0.176. The van der Waals surface area contributed by atoms with E-state index in [0.29, 0.717) is 0 Å². The van der Waals surface area contributed by atoms with Crippen molar-refractivity contribution in [3.05, 3.63) is 18.9 Å². The Morgan fingerprint density at radius 3 is 2.00 bits per heavy atom. The summed E-state index contributed by atoms with van der Waals surface area (Å²) in [6, 6.07) is 0. The molecule has 0 aliphatic heterocycles. The van der Waals surface area contributed by atoms with Crippen LogP contribution in [0.1, 0.15) is 0 Å². The topological polar surface area (TPSA) is 26.0 Å². The molecule has 0 bridgehead atoms. The summed E-state index contributed by atoms with van der Waals surface area (Å²) in [6.07, 6.45) is 4.47.